The van der Waals surface area contributed by atoms with Gasteiger partial charge in [0.25, 0.3) is 0 Å². The van der Waals surface area contributed by atoms with Crippen LogP contribution < -0.4 is 15.2 Å². The predicted molar refractivity (Wildman–Crippen MR) is 103 cm³/mol. The second kappa shape index (κ2) is 8.64. The number of morpholine rings is 1. The van der Waals surface area contributed by atoms with Crippen molar-refractivity contribution in [1.29, 1.82) is 0 Å². The minimum atomic E-state index is -0.459. The highest BCUT2D eigenvalue weighted by atomic mass is 19.1. The number of pyridine rings is 2. The Hall–Kier alpha value is -2.55. The number of nitrogens with zero attached hydrogens (tertiary/aromatic N) is 3. The van der Waals surface area contributed by atoms with E-state index in [-0.39, 0.29) is 11.8 Å². The van der Waals surface area contributed by atoms with Gasteiger partial charge >= 0.3 is 0 Å². The lowest BCUT2D eigenvalue weighted by Crippen LogP contribution is -2.38. The number of aromatic nitrogens is 2. The van der Waals surface area contributed by atoms with Crippen LogP contribution in [-0.4, -0.2) is 60.4 Å². The molecule has 2 aromatic rings. The van der Waals surface area contributed by atoms with Crippen LogP contribution in [0.4, 0.5) is 4.39 Å². The van der Waals surface area contributed by atoms with Gasteiger partial charge in [-0.2, -0.15) is 0 Å². The van der Waals surface area contributed by atoms with Crippen LogP contribution in [0.15, 0.2) is 48.3 Å². The van der Waals surface area contributed by atoms with Crippen molar-refractivity contribution in [3.8, 4) is 11.6 Å². The van der Waals surface area contributed by atoms with Crippen LogP contribution in [0.25, 0.3) is 10.9 Å². The average Bonchev–Trinajstić information content (AvgIpc) is 2.71. The van der Waals surface area contributed by atoms with Crippen LogP contribution in [0, 0.1) is 0 Å². The fraction of sp³-hybridized carbons (Fsp3) is 0.400. The second-order valence-corrected chi connectivity index (χ2v) is 6.74. The fourth-order valence-electron chi connectivity index (χ4n) is 3.16. The number of fused-ring (bicyclic) bond motifs is 1. The minimum Gasteiger partial charge on any atom is -0.476 e. The van der Waals surface area contributed by atoms with E-state index in [0.717, 1.165) is 32.8 Å². The SMILES string of the molecule is NC1C=C(F)C(Oc2ccnc3cc(OCCN4CCOCC4)ncc23)=CC1. The minimum absolute atomic E-state index is 0.167. The van der Waals surface area contributed by atoms with Gasteiger partial charge in [0, 0.05) is 44.1 Å². The highest BCUT2D eigenvalue weighted by molar-refractivity contribution is 5.84. The first-order valence-electron chi connectivity index (χ1n) is 9.38. The van der Waals surface area contributed by atoms with Crippen LogP contribution >= 0.6 is 0 Å². The number of nitrogens with two attached hydrogens (primary N) is 1. The topological polar surface area (TPSA) is 82.7 Å². The van der Waals surface area contributed by atoms with Crippen LogP contribution in [-0.2, 0) is 4.74 Å². The number of hydrogen-bond acceptors (Lipinski definition) is 7. The summed E-state index contributed by atoms with van der Waals surface area (Å²) in [6.45, 7) is 4.72. The summed E-state index contributed by atoms with van der Waals surface area (Å²) in [6, 6.07) is 3.13. The molecule has 7 nitrogen and oxygen atoms in total. The van der Waals surface area contributed by atoms with Gasteiger partial charge in [-0.05, 0) is 24.6 Å². The molecule has 0 spiro atoms. The highest BCUT2D eigenvalue weighted by Crippen LogP contribution is 2.30. The molecule has 0 bridgehead atoms. The summed E-state index contributed by atoms with van der Waals surface area (Å²) in [6.07, 6.45) is 6.80. The van der Waals surface area contributed by atoms with Crippen LogP contribution in [0.3, 0.4) is 0 Å². The molecule has 8 heteroatoms. The normalized spacial score (nSPS) is 20.6. The molecule has 0 amide bonds. The lowest BCUT2D eigenvalue weighted by atomic mass is 10.1. The predicted octanol–water partition coefficient (Wildman–Crippen LogP) is 2.19. The first kappa shape index (κ1) is 18.8. The fourth-order valence-corrected chi connectivity index (χ4v) is 3.16. The van der Waals surface area contributed by atoms with E-state index < -0.39 is 5.83 Å². The number of hydrogen-bond donors (Lipinski definition) is 1. The molecule has 1 aliphatic heterocycles. The van der Waals surface area contributed by atoms with Gasteiger partial charge < -0.3 is 19.9 Å². The Morgan fingerprint density at radius 3 is 2.96 bits per heavy atom. The third-order valence-electron chi connectivity index (χ3n) is 4.71. The lowest BCUT2D eigenvalue weighted by Gasteiger charge is -2.26. The summed E-state index contributed by atoms with van der Waals surface area (Å²) in [5.41, 5.74) is 6.39. The lowest BCUT2D eigenvalue weighted by molar-refractivity contribution is 0.0320. The molecule has 1 fully saturated rings. The first-order valence-corrected chi connectivity index (χ1v) is 9.38. The monoisotopic (exact) mass is 386 g/mol. The smallest absolute Gasteiger partial charge is 0.215 e. The molecule has 1 atom stereocenters. The molecule has 1 unspecified atom stereocenters. The van der Waals surface area contributed by atoms with Crippen LogP contribution in [0.2, 0.25) is 0 Å². The third kappa shape index (κ3) is 4.46. The maximum atomic E-state index is 14.1. The molecule has 0 saturated carbocycles. The van der Waals surface area contributed by atoms with Crippen molar-refractivity contribution in [3.05, 3.63) is 48.3 Å². The molecule has 0 radical (unpaired) electrons. The molecule has 2 aromatic heterocycles. The maximum Gasteiger partial charge on any atom is 0.215 e. The summed E-state index contributed by atoms with van der Waals surface area (Å²) in [7, 11) is 0. The molecule has 4 rings (SSSR count). The van der Waals surface area contributed by atoms with E-state index in [2.05, 4.69) is 14.9 Å². The third-order valence-corrected chi connectivity index (χ3v) is 4.71. The summed E-state index contributed by atoms with van der Waals surface area (Å²) < 4.78 is 30.9. The second-order valence-electron chi connectivity index (χ2n) is 6.74. The Labute approximate surface area is 162 Å². The van der Waals surface area contributed by atoms with Gasteiger partial charge in [0.15, 0.2) is 11.6 Å². The summed E-state index contributed by atoms with van der Waals surface area (Å²) in [5.74, 6) is 0.696. The van der Waals surface area contributed by atoms with Crippen LogP contribution in [0.5, 0.6) is 11.6 Å². The molecule has 3 heterocycles. The maximum absolute atomic E-state index is 14.1. The Bertz CT molecular complexity index is 896. The van der Waals surface area contributed by atoms with Crippen LogP contribution in [0.1, 0.15) is 6.42 Å². The molecule has 1 aliphatic carbocycles. The van der Waals surface area contributed by atoms with Gasteiger partial charge in [-0.1, -0.05) is 0 Å². The molecular formula is C20H23FN4O3. The zero-order valence-corrected chi connectivity index (χ0v) is 15.5. The van der Waals surface area contributed by atoms with Gasteiger partial charge in [0.1, 0.15) is 12.4 Å². The number of allylic oxidation sites excluding steroid dienone is 1. The van der Waals surface area contributed by atoms with E-state index in [1.807, 2.05) is 0 Å². The van der Waals surface area contributed by atoms with Crippen molar-refractivity contribution < 1.29 is 18.6 Å². The van der Waals surface area contributed by atoms with Gasteiger partial charge in [0.2, 0.25) is 5.88 Å². The van der Waals surface area contributed by atoms with E-state index >= 15 is 0 Å². The van der Waals surface area contributed by atoms with Crippen molar-refractivity contribution in [3.63, 3.8) is 0 Å². The molecular weight excluding hydrogens is 363 g/mol. The summed E-state index contributed by atoms with van der Waals surface area (Å²) in [4.78, 5) is 11.0. The quantitative estimate of drug-likeness (QED) is 0.815. The van der Waals surface area contributed by atoms with Crippen molar-refractivity contribution in [1.82, 2.24) is 14.9 Å². The molecule has 148 valence electrons. The van der Waals surface area contributed by atoms with Crippen molar-refractivity contribution in [2.45, 2.75) is 12.5 Å². The standard InChI is InChI=1S/C20H23FN4O3/c21-16-11-14(22)1-2-19(16)28-18-3-4-23-17-12-20(24-13-15(17)18)27-10-7-25-5-8-26-9-6-25/h2-4,11-14H,1,5-10,22H2. The largest absolute Gasteiger partial charge is 0.476 e. The Balaban J connectivity index is 1.43. The number of rotatable bonds is 6. The van der Waals surface area contributed by atoms with E-state index in [9.17, 15) is 4.39 Å². The first-order chi connectivity index (χ1) is 13.7. The van der Waals surface area contributed by atoms with E-state index in [1.165, 1.54) is 6.08 Å². The van der Waals surface area contributed by atoms with Crippen molar-refractivity contribution in [2.75, 3.05) is 39.5 Å². The molecule has 2 N–H and O–H groups in total. The molecule has 2 aliphatic rings. The highest BCUT2D eigenvalue weighted by Gasteiger charge is 2.17. The van der Waals surface area contributed by atoms with Gasteiger partial charge in [-0.3, -0.25) is 9.88 Å². The average molecular weight is 386 g/mol. The number of halogens is 1. The van der Waals surface area contributed by atoms with Crippen molar-refractivity contribution in [2.24, 2.45) is 5.73 Å². The van der Waals surface area contributed by atoms with Gasteiger partial charge in [0.05, 0.1) is 24.1 Å². The Morgan fingerprint density at radius 2 is 2.14 bits per heavy atom. The Morgan fingerprint density at radius 1 is 1.29 bits per heavy atom. The summed E-state index contributed by atoms with van der Waals surface area (Å²) in [5, 5.41) is 0.687. The molecule has 1 saturated heterocycles. The van der Waals surface area contributed by atoms with E-state index in [0.29, 0.717) is 35.6 Å². The summed E-state index contributed by atoms with van der Waals surface area (Å²) >= 11 is 0. The van der Waals surface area contributed by atoms with Gasteiger partial charge in [-0.25, -0.2) is 9.37 Å². The zero-order chi connectivity index (χ0) is 19.3. The number of ether oxygens (including phenoxy) is 3. The molecule has 0 aromatic carbocycles. The van der Waals surface area contributed by atoms with E-state index in [4.69, 9.17) is 19.9 Å². The van der Waals surface area contributed by atoms with E-state index in [1.54, 1.807) is 30.6 Å². The Kier molecular flexibility index (Phi) is 5.80. The van der Waals surface area contributed by atoms with Gasteiger partial charge in [-0.15, -0.1) is 0 Å². The van der Waals surface area contributed by atoms with Crippen molar-refractivity contribution >= 4 is 10.9 Å². The molecule has 28 heavy (non-hydrogen) atoms. The zero-order valence-electron chi connectivity index (χ0n) is 15.5.